The lowest BCUT2D eigenvalue weighted by Crippen LogP contribution is -2.45. The minimum absolute atomic E-state index is 0.0158. The molecular weight excluding hydrogens is 488 g/mol. The lowest BCUT2D eigenvalue weighted by molar-refractivity contribution is -0.144. The summed E-state index contributed by atoms with van der Waals surface area (Å²) in [4.78, 5) is 44.1. The van der Waals surface area contributed by atoms with Gasteiger partial charge in [0.2, 0.25) is 18.6 Å². The van der Waals surface area contributed by atoms with E-state index < -0.39 is 11.9 Å². The highest BCUT2D eigenvalue weighted by atomic mass is 16.7. The van der Waals surface area contributed by atoms with Gasteiger partial charge in [-0.05, 0) is 56.3 Å². The number of carboxylic acid groups (broad SMARTS) is 1. The van der Waals surface area contributed by atoms with Gasteiger partial charge in [0.05, 0.1) is 12.5 Å². The van der Waals surface area contributed by atoms with E-state index in [2.05, 4.69) is 11.8 Å². The molecule has 2 fully saturated rings. The van der Waals surface area contributed by atoms with Crippen LogP contribution in [0.3, 0.4) is 0 Å². The number of rotatable bonds is 14. The molecule has 10 heteroatoms. The molecule has 210 valence electrons. The molecule has 1 aromatic rings. The summed E-state index contributed by atoms with van der Waals surface area (Å²) in [5.74, 6) is -0.366. The lowest BCUT2D eigenvalue weighted by Gasteiger charge is -2.30. The van der Waals surface area contributed by atoms with Gasteiger partial charge in [-0.2, -0.15) is 0 Å². The first-order valence-electron chi connectivity index (χ1n) is 14.0. The molecule has 0 aromatic heterocycles. The molecule has 0 spiro atoms. The number of fused-ring (bicyclic) bond motifs is 1. The molecule has 3 N–H and O–H groups in total. The molecule has 3 aliphatic rings. The third-order valence-electron chi connectivity index (χ3n) is 8.06. The SMILES string of the molecule is CCCCN(CCCN)C(=O)CN1C[C@H](c2ccc3c(c2)OCO3)[C@@H](C(=O)O)[C@@H]1CCCN1CCCC1=O. The summed E-state index contributed by atoms with van der Waals surface area (Å²) < 4.78 is 11.0. The van der Waals surface area contributed by atoms with E-state index >= 15 is 0 Å². The van der Waals surface area contributed by atoms with Crippen LogP contribution in [0.25, 0.3) is 0 Å². The van der Waals surface area contributed by atoms with Crippen molar-refractivity contribution >= 4 is 17.8 Å². The largest absolute Gasteiger partial charge is 0.481 e. The number of carboxylic acids is 1. The Labute approximate surface area is 225 Å². The molecule has 0 bridgehead atoms. The summed E-state index contributed by atoms with van der Waals surface area (Å²) in [5.41, 5.74) is 6.60. The first-order chi connectivity index (χ1) is 18.4. The average Bonchev–Trinajstić information content (AvgIpc) is 3.62. The molecule has 2 amide bonds. The van der Waals surface area contributed by atoms with Gasteiger partial charge in [0.25, 0.3) is 0 Å². The maximum atomic E-state index is 13.5. The minimum Gasteiger partial charge on any atom is -0.481 e. The first-order valence-corrected chi connectivity index (χ1v) is 14.0. The number of benzene rings is 1. The maximum Gasteiger partial charge on any atom is 0.308 e. The number of nitrogens with two attached hydrogens (primary N) is 1. The molecule has 0 radical (unpaired) electrons. The maximum absolute atomic E-state index is 13.5. The summed E-state index contributed by atoms with van der Waals surface area (Å²) in [5, 5.41) is 10.4. The van der Waals surface area contributed by atoms with Crippen molar-refractivity contribution in [3.63, 3.8) is 0 Å². The number of likely N-dealkylation sites (tertiary alicyclic amines) is 2. The van der Waals surface area contributed by atoms with Gasteiger partial charge in [-0.25, -0.2) is 0 Å². The topological polar surface area (TPSA) is 126 Å². The average molecular weight is 531 g/mol. The fraction of sp³-hybridized carbons (Fsp3) is 0.679. The Kier molecular flexibility index (Phi) is 9.85. The zero-order valence-corrected chi connectivity index (χ0v) is 22.5. The van der Waals surface area contributed by atoms with E-state index in [1.54, 1.807) is 0 Å². The van der Waals surface area contributed by atoms with Crippen molar-refractivity contribution in [1.82, 2.24) is 14.7 Å². The smallest absolute Gasteiger partial charge is 0.308 e. The van der Waals surface area contributed by atoms with Crippen molar-refractivity contribution in [2.45, 2.75) is 63.8 Å². The van der Waals surface area contributed by atoms with E-state index in [4.69, 9.17) is 15.2 Å². The standard InChI is InChI=1S/C28H42N4O6/c1-2-3-12-31(15-6-11-29)26(34)18-32-17-21(20-9-10-23-24(16-20)38-19-37-23)27(28(35)36)22(32)7-4-13-30-14-5-8-25(30)33/h9-10,16,21-22,27H,2-8,11-15,17-19,29H2,1H3,(H,35,36)/t21-,22+,27-/m1/s1. The van der Waals surface area contributed by atoms with Crippen LogP contribution in [0.15, 0.2) is 18.2 Å². The summed E-state index contributed by atoms with van der Waals surface area (Å²) in [6.45, 7) is 6.09. The monoisotopic (exact) mass is 530 g/mol. The van der Waals surface area contributed by atoms with Gasteiger partial charge in [0.15, 0.2) is 11.5 Å². The molecule has 0 unspecified atom stereocenters. The summed E-state index contributed by atoms with van der Waals surface area (Å²) in [6, 6.07) is 5.31. The zero-order chi connectivity index (χ0) is 27.1. The van der Waals surface area contributed by atoms with Crippen LogP contribution >= 0.6 is 0 Å². The number of nitrogens with zero attached hydrogens (tertiary/aromatic N) is 3. The van der Waals surface area contributed by atoms with Gasteiger partial charge in [0, 0.05) is 51.1 Å². The molecule has 3 heterocycles. The summed E-state index contributed by atoms with van der Waals surface area (Å²) >= 11 is 0. The van der Waals surface area contributed by atoms with E-state index in [0.717, 1.165) is 37.8 Å². The van der Waals surface area contributed by atoms with E-state index in [-0.39, 0.29) is 37.1 Å². The highest BCUT2D eigenvalue weighted by Crippen LogP contribution is 2.43. The Morgan fingerprint density at radius 3 is 2.66 bits per heavy atom. The van der Waals surface area contributed by atoms with E-state index in [1.165, 1.54) is 0 Å². The van der Waals surface area contributed by atoms with Crippen LogP contribution in [0.2, 0.25) is 0 Å². The number of amides is 2. The Hall–Kier alpha value is -2.85. The number of carbonyl (C=O) groups excluding carboxylic acids is 2. The van der Waals surface area contributed by atoms with Gasteiger partial charge < -0.3 is 30.1 Å². The highest BCUT2D eigenvalue weighted by Gasteiger charge is 2.47. The predicted octanol–water partition coefficient (Wildman–Crippen LogP) is 2.26. The molecular formula is C28H42N4O6. The van der Waals surface area contributed by atoms with E-state index in [0.29, 0.717) is 63.5 Å². The number of hydrogen-bond acceptors (Lipinski definition) is 7. The van der Waals surface area contributed by atoms with Crippen LogP contribution in [0.5, 0.6) is 11.5 Å². The molecule has 1 aromatic carbocycles. The molecule has 4 rings (SSSR count). The lowest BCUT2D eigenvalue weighted by atomic mass is 9.83. The fourth-order valence-corrected chi connectivity index (χ4v) is 6.03. The molecule has 3 atom stereocenters. The minimum atomic E-state index is -0.865. The molecule has 38 heavy (non-hydrogen) atoms. The van der Waals surface area contributed by atoms with E-state index in [9.17, 15) is 19.5 Å². The second-order valence-electron chi connectivity index (χ2n) is 10.6. The van der Waals surface area contributed by atoms with Gasteiger partial charge in [-0.1, -0.05) is 19.4 Å². The van der Waals surface area contributed by atoms with E-state index in [1.807, 2.05) is 28.0 Å². The highest BCUT2D eigenvalue weighted by molar-refractivity contribution is 5.79. The summed E-state index contributed by atoms with van der Waals surface area (Å²) in [6.07, 6.45) is 5.41. The molecule has 10 nitrogen and oxygen atoms in total. The second kappa shape index (κ2) is 13.3. The van der Waals surface area contributed by atoms with Crippen molar-refractivity contribution in [1.29, 1.82) is 0 Å². The quantitative estimate of drug-likeness (QED) is 0.375. The van der Waals surface area contributed by atoms with Crippen molar-refractivity contribution < 1.29 is 29.0 Å². The van der Waals surface area contributed by atoms with Crippen molar-refractivity contribution in [2.24, 2.45) is 11.7 Å². The zero-order valence-electron chi connectivity index (χ0n) is 22.5. The van der Waals surface area contributed by atoms with Crippen LogP contribution in [0.4, 0.5) is 0 Å². The molecule has 3 aliphatic heterocycles. The van der Waals surface area contributed by atoms with Crippen LogP contribution in [-0.2, 0) is 14.4 Å². The van der Waals surface area contributed by atoms with Crippen molar-refractivity contribution in [2.75, 3.05) is 52.6 Å². The van der Waals surface area contributed by atoms with Crippen molar-refractivity contribution in [3.05, 3.63) is 23.8 Å². The van der Waals surface area contributed by atoms with Crippen LogP contribution in [-0.4, -0.2) is 96.2 Å². The number of unbranched alkanes of at least 4 members (excludes halogenated alkanes) is 1. The summed E-state index contributed by atoms with van der Waals surface area (Å²) in [7, 11) is 0. The number of aliphatic carboxylic acids is 1. The Morgan fingerprint density at radius 2 is 1.95 bits per heavy atom. The van der Waals surface area contributed by atoms with Crippen molar-refractivity contribution in [3.8, 4) is 11.5 Å². The number of ether oxygens (including phenoxy) is 2. The number of hydrogen-bond donors (Lipinski definition) is 2. The van der Waals surface area contributed by atoms with Gasteiger partial charge in [-0.15, -0.1) is 0 Å². The first kappa shape index (κ1) is 28.2. The van der Waals surface area contributed by atoms with Crippen LogP contribution in [0, 0.1) is 5.92 Å². The second-order valence-corrected chi connectivity index (χ2v) is 10.6. The van der Waals surface area contributed by atoms with Gasteiger partial charge >= 0.3 is 5.97 Å². The Bertz CT molecular complexity index is 980. The van der Waals surface area contributed by atoms with Crippen LogP contribution in [0.1, 0.15) is 63.4 Å². The van der Waals surface area contributed by atoms with Gasteiger partial charge in [0.1, 0.15) is 0 Å². The number of carbonyl (C=O) groups is 3. The normalized spacial score (nSPS) is 22.8. The third-order valence-corrected chi connectivity index (χ3v) is 8.06. The predicted molar refractivity (Wildman–Crippen MR) is 142 cm³/mol. The van der Waals surface area contributed by atoms with Crippen LogP contribution < -0.4 is 15.2 Å². The molecule has 0 aliphatic carbocycles. The fourth-order valence-electron chi connectivity index (χ4n) is 6.03. The Balaban J connectivity index is 1.54. The van der Waals surface area contributed by atoms with Gasteiger partial charge in [-0.3, -0.25) is 19.3 Å². The molecule has 0 saturated carbocycles. The molecule has 2 saturated heterocycles. The third kappa shape index (κ3) is 6.58. The Morgan fingerprint density at radius 1 is 1.16 bits per heavy atom.